The summed E-state index contributed by atoms with van der Waals surface area (Å²) in [6, 6.07) is 8.56. The van der Waals surface area contributed by atoms with E-state index in [0.717, 1.165) is 28.4 Å². The lowest BCUT2D eigenvalue weighted by Crippen LogP contribution is -2.23. The van der Waals surface area contributed by atoms with Crippen molar-refractivity contribution in [1.29, 1.82) is 0 Å². The van der Waals surface area contributed by atoms with Gasteiger partial charge in [0.15, 0.2) is 0 Å². The van der Waals surface area contributed by atoms with Gasteiger partial charge < -0.3 is 10.1 Å². The molecule has 1 unspecified atom stereocenters. The lowest BCUT2D eigenvalue weighted by atomic mass is 10.1. The van der Waals surface area contributed by atoms with Crippen molar-refractivity contribution in [3.8, 4) is 5.75 Å². The maximum Gasteiger partial charge on any atom is 0.119 e. The van der Waals surface area contributed by atoms with Crippen molar-refractivity contribution in [3.05, 3.63) is 50.7 Å². The zero-order valence-electron chi connectivity index (χ0n) is 12.1. The van der Waals surface area contributed by atoms with Crippen LogP contribution in [0, 0.1) is 13.8 Å². The van der Waals surface area contributed by atoms with Crippen LogP contribution in [0.4, 0.5) is 0 Å². The minimum Gasteiger partial charge on any atom is -0.492 e. The number of halogens is 1. The Balaban J connectivity index is 1.79. The van der Waals surface area contributed by atoms with Gasteiger partial charge in [0.2, 0.25) is 0 Å². The first-order valence-electron chi connectivity index (χ1n) is 6.74. The SMILES string of the molecule is Cc1cc(OCCNC(C)c2cccs2)cc(C)c1Cl. The highest BCUT2D eigenvalue weighted by atomic mass is 35.5. The number of benzene rings is 1. The van der Waals surface area contributed by atoms with E-state index in [4.69, 9.17) is 16.3 Å². The zero-order valence-corrected chi connectivity index (χ0v) is 13.6. The van der Waals surface area contributed by atoms with Crippen molar-refractivity contribution in [2.75, 3.05) is 13.2 Å². The van der Waals surface area contributed by atoms with Crippen LogP contribution in [0.1, 0.15) is 29.0 Å². The van der Waals surface area contributed by atoms with Crippen LogP contribution in [0.2, 0.25) is 5.02 Å². The minimum atomic E-state index is 0.368. The third kappa shape index (κ3) is 3.98. The summed E-state index contributed by atoms with van der Waals surface area (Å²) < 4.78 is 5.77. The normalized spacial score (nSPS) is 12.4. The maximum atomic E-state index is 6.14. The molecule has 0 aliphatic rings. The molecule has 2 aromatic rings. The quantitative estimate of drug-likeness (QED) is 0.778. The van der Waals surface area contributed by atoms with Gasteiger partial charge in [-0.1, -0.05) is 17.7 Å². The number of ether oxygens (including phenoxy) is 1. The van der Waals surface area contributed by atoms with Gasteiger partial charge >= 0.3 is 0 Å². The summed E-state index contributed by atoms with van der Waals surface area (Å²) >= 11 is 7.92. The molecular weight excluding hydrogens is 290 g/mol. The van der Waals surface area contributed by atoms with Crippen LogP contribution in [0.5, 0.6) is 5.75 Å². The van der Waals surface area contributed by atoms with Crippen molar-refractivity contribution in [2.45, 2.75) is 26.8 Å². The van der Waals surface area contributed by atoms with Gasteiger partial charge in [-0.05, 0) is 55.5 Å². The Morgan fingerprint density at radius 3 is 2.60 bits per heavy atom. The van der Waals surface area contributed by atoms with Gasteiger partial charge in [0.25, 0.3) is 0 Å². The molecule has 1 heterocycles. The largest absolute Gasteiger partial charge is 0.492 e. The third-order valence-corrected chi connectivity index (χ3v) is 4.85. The Hall–Kier alpha value is -1.03. The summed E-state index contributed by atoms with van der Waals surface area (Å²) in [6.45, 7) is 7.64. The Morgan fingerprint density at radius 2 is 2.00 bits per heavy atom. The molecule has 0 fully saturated rings. The van der Waals surface area contributed by atoms with Gasteiger partial charge in [0.05, 0.1) is 0 Å². The molecule has 2 nitrogen and oxygen atoms in total. The highest BCUT2D eigenvalue weighted by Crippen LogP contribution is 2.25. The second-order valence-electron chi connectivity index (χ2n) is 4.91. The van der Waals surface area contributed by atoms with E-state index in [1.165, 1.54) is 4.88 Å². The molecular formula is C16H20ClNOS. The monoisotopic (exact) mass is 309 g/mol. The van der Waals surface area contributed by atoms with E-state index < -0.39 is 0 Å². The molecule has 0 bridgehead atoms. The number of thiophene rings is 1. The molecule has 1 aromatic carbocycles. The summed E-state index contributed by atoms with van der Waals surface area (Å²) in [6.07, 6.45) is 0. The van der Waals surface area contributed by atoms with Crippen LogP contribution in [-0.2, 0) is 0 Å². The molecule has 0 spiro atoms. The molecule has 4 heteroatoms. The smallest absolute Gasteiger partial charge is 0.119 e. The van der Waals surface area contributed by atoms with E-state index in [2.05, 4.69) is 29.8 Å². The van der Waals surface area contributed by atoms with Crippen molar-refractivity contribution < 1.29 is 4.74 Å². The molecule has 0 radical (unpaired) electrons. The first kappa shape index (κ1) is 15.4. The van der Waals surface area contributed by atoms with E-state index in [9.17, 15) is 0 Å². The van der Waals surface area contributed by atoms with Crippen LogP contribution < -0.4 is 10.1 Å². The standard InChI is InChI=1S/C16H20ClNOS/c1-11-9-14(10-12(2)16(11)17)19-7-6-18-13(3)15-5-4-8-20-15/h4-5,8-10,13,18H,6-7H2,1-3H3. The Bertz CT molecular complexity index is 531. The molecule has 1 N–H and O–H groups in total. The maximum absolute atomic E-state index is 6.14. The molecule has 108 valence electrons. The van der Waals surface area contributed by atoms with Gasteiger partial charge in [0.1, 0.15) is 12.4 Å². The lowest BCUT2D eigenvalue weighted by molar-refractivity contribution is 0.307. The zero-order chi connectivity index (χ0) is 14.5. The number of aryl methyl sites for hydroxylation is 2. The molecule has 1 aromatic heterocycles. The van der Waals surface area contributed by atoms with E-state index >= 15 is 0 Å². The topological polar surface area (TPSA) is 21.3 Å². The van der Waals surface area contributed by atoms with Gasteiger partial charge in [-0.15, -0.1) is 11.3 Å². The van der Waals surface area contributed by atoms with E-state index in [-0.39, 0.29) is 0 Å². The summed E-state index contributed by atoms with van der Waals surface area (Å²) in [5, 5.41) is 6.38. The molecule has 0 aliphatic carbocycles. The highest BCUT2D eigenvalue weighted by molar-refractivity contribution is 7.10. The molecule has 1 atom stereocenters. The fraction of sp³-hybridized carbons (Fsp3) is 0.375. The number of hydrogen-bond donors (Lipinski definition) is 1. The predicted molar refractivity (Wildman–Crippen MR) is 87.2 cm³/mol. The van der Waals surface area contributed by atoms with Crippen LogP contribution >= 0.6 is 22.9 Å². The Morgan fingerprint density at radius 1 is 1.30 bits per heavy atom. The van der Waals surface area contributed by atoms with Gasteiger partial charge in [-0.2, -0.15) is 0 Å². The summed E-state index contributed by atoms with van der Waals surface area (Å²) in [7, 11) is 0. The molecule has 0 aliphatic heterocycles. The second kappa shape index (κ2) is 7.11. The Kier molecular flexibility index (Phi) is 5.46. The van der Waals surface area contributed by atoms with Crippen molar-refractivity contribution in [1.82, 2.24) is 5.32 Å². The molecule has 0 amide bonds. The molecule has 20 heavy (non-hydrogen) atoms. The lowest BCUT2D eigenvalue weighted by Gasteiger charge is -2.13. The van der Waals surface area contributed by atoms with Crippen LogP contribution in [0.15, 0.2) is 29.6 Å². The van der Waals surface area contributed by atoms with Gasteiger partial charge in [-0.3, -0.25) is 0 Å². The fourth-order valence-electron chi connectivity index (χ4n) is 2.07. The summed E-state index contributed by atoms with van der Waals surface area (Å²) in [5.41, 5.74) is 2.11. The van der Waals surface area contributed by atoms with Gasteiger partial charge in [0, 0.05) is 22.5 Å². The molecule has 0 saturated carbocycles. The average Bonchev–Trinajstić information content (AvgIpc) is 2.94. The first-order valence-corrected chi connectivity index (χ1v) is 8.00. The average molecular weight is 310 g/mol. The number of hydrogen-bond acceptors (Lipinski definition) is 3. The van der Waals surface area contributed by atoms with Gasteiger partial charge in [-0.25, -0.2) is 0 Å². The fourth-order valence-corrected chi connectivity index (χ4v) is 2.94. The van der Waals surface area contributed by atoms with Crippen molar-refractivity contribution in [3.63, 3.8) is 0 Å². The van der Waals surface area contributed by atoms with E-state index in [0.29, 0.717) is 12.6 Å². The highest BCUT2D eigenvalue weighted by Gasteiger charge is 2.06. The first-order chi connectivity index (χ1) is 9.58. The summed E-state index contributed by atoms with van der Waals surface area (Å²) in [4.78, 5) is 1.35. The summed E-state index contributed by atoms with van der Waals surface area (Å²) in [5.74, 6) is 0.884. The van der Waals surface area contributed by atoms with Crippen LogP contribution in [0.3, 0.4) is 0 Å². The number of rotatable bonds is 6. The van der Waals surface area contributed by atoms with Crippen LogP contribution in [0.25, 0.3) is 0 Å². The number of nitrogens with one attached hydrogen (secondary N) is 1. The molecule has 0 saturated heterocycles. The Labute approximate surface area is 129 Å². The van der Waals surface area contributed by atoms with Crippen molar-refractivity contribution >= 4 is 22.9 Å². The second-order valence-corrected chi connectivity index (χ2v) is 6.27. The van der Waals surface area contributed by atoms with Crippen LogP contribution in [-0.4, -0.2) is 13.2 Å². The predicted octanol–water partition coefficient (Wildman–Crippen LogP) is 4.75. The molecule has 2 rings (SSSR count). The van der Waals surface area contributed by atoms with E-state index in [1.807, 2.05) is 26.0 Å². The third-order valence-electron chi connectivity index (χ3n) is 3.20. The van der Waals surface area contributed by atoms with Crippen molar-refractivity contribution in [2.24, 2.45) is 0 Å². The minimum absolute atomic E-state index is 0.368. The van der Waals surface area contributed by atoms with E-state index in [1.54, 1.807) is 11.3 Å².